The monoisotopic (exact) mass is 380 g/mol. The zero-order valence-electron chi connectivity index (χ0n) is 10.8. The zero-order chi connectivity index (χ0) is 18.3. The maximum atomic E-state index is 9.87. The summed E-state index contributed by atoms with van der Waals surface area (Å²) in [5, 5.41) is 0. The molecule has 0 aliphatic carbocycles. The van der Waals surface area contributed by atoms with Crippen LogP contribution in [0.2, 0.25) is 0 Å². The molecule has 0 heterocycles. The summed E-state index contributed by atoms with van der Waals surface area (Å²) in [5.74, 6) is 2.12. The third-order valence-electron chi connectivity index (χ3n) is 0.493. The zero-order valence-corrected chi connectivity index (χ0v) is 12.8. The average molecular weight is 380 g/mol. The normalized spacial score (nSPS) is 11.7. The molecule has 0 aliphatic rings. The number of halogens is 6. The Morgan fingerprint density at radius 3 is 0.857 bits per heavy atom. The van der Waals surface area contributed by atoms with Gasteiger partial charge in [-0.2, -0.15) is 0 Å². The van der Waals surface area contributed by atoms with Gasteiger partial charge in [-0.1, -0.05) is 13.8 Å². The molecule has 3 nitrogen and oxygen atoms in total. The summed E-state index contributed by atoms with van der Waals surface area (Å²) in [5.41, 5.74) is 0. The van der Waals surface area contributed by atoms with E-state index in [2.05, 4.69) is 33.8 Å². The van der Waals surface area contributed by atoms with Gasteiger partial charge in [0.05, 0.1) is 0 Å². The minimum absolute atomic E-state index is 0. The Morgan fingerprint density at radius 1 is 0.762 bits per heavy atom. The fourth-order valence-corrected chi connectivity index (χ4v) is 0.421. The van der Waals surface area contributed by atoms with Crippen molar-refractivity contribution in [3.63, 3.8) is 0 Å². The molecule has 0 atom stereocenters. The van der Waals surface area contributed by atoms with Gasteiger partial charge >= 0.3 is 66.9 Å². The number of hydrogen-bond acceptors (Lipinski definition) is 0. The molecule has 0 saturated carbocycles. The van der Waals surface area contributed by atoms with Gasteiger partial charge < -0.3 is 0 Å². The topological polar surface area (TPSA) is 59.7 Å². The van der Waals surface area contributed by atoms with Gasteiger partial charge in [0, 0.05) is 17.1 Å². The molecule has 125 valence electrons. The Balaban J connectivity index is -0.0000000381. The van der Waals surface area contributed by atoms with Crippen LogP contribution in [0.1, 0.15) is 13.8 Å². The fourth-order valence-electron chi connectivity index (χ4n) is 0.421. The largest absolute Gasteiger partial charge is 0.0588 e. The molecule has 21 heavy (non-hydrogen) atoms. The van der Waals surface area contributed by atoms with E-state index in [1.165, 1.54) is 0 Å². The van der Waals surface area contributed by atoms with Crippen molar-refractivity contribution in [1.29, 1.82) is 0 Å². The first-order chi connectivity index (χ1) is 8.58. The maximum absolute atomic E-state index is 10.7. The van der Waals surface area contributed by atoms with E-state index < -0.39 is 7.81 Å². The van der Waals surface area contributed by atoms with Crippen molar-refractivity contribution < 1.29 is 56.2 Å². The van der Waals surface area contributed by atoms with Crippen LogP contribution in [0.15, 0.2) is 0 Å². The van der Waals surface area contributed by atoms with Crippen molar-refractivity contribution in [2.24, 2.45) is 0 Å². The minimum atomic E-state index is -10.7. The quantitative estimate of drug-likeness (QED) is 0.205. The summed E-state index contributed by atoms with van der Waals surface area (Å²) in [6, 6.07) is 0. The van der Waals surface area contributed by atoms with Gasteiger partial charge in [-0.05, 0) is 32.1 Å². The predicted molar refractivity (Wildman–Crippen MR) is 58.2 cm³/mol. The van der Waals surface area contributed by atoms with Gasteiger partial charge in [0.1, 0.15) is 0 Å². The van der Waals surface area contributed by atoms with Crippen LogP contribution >= 0.6 is 7.81 Å². The van der Waals surface area contributed by atoms with E-state index in [4.69, 9.17) is 14.0 Å². The molecule has 0 amide bonds. The molecule has 0 unspecified atom stereocenters. The Labute approximate surface area is 130 Å². The van der Waals surface area contributed by atoms with Crippen LogP contribution in [-0.2, 0) is 31.0 Å². The van der Waals surface area contributed by atoms with E-state index in [9.17, 15) is 25.2 Å². The van der Waals surface area contributed by atoms with Crippen LogP contribution in [0.25, 0.3) is 0 Å². The Hall–Kier alpha value is -0.251. The van der Waals surface area contributed by atoms with Gasteiger partial charge in [0.15, 0.2) is 0 Å². The summed E-state index contributed by atoms with van der Waals surface area (Å²) in [6.45, 7) is 24.8. The van der Waals surface area contributed by atoms with Crippen molar-refractivity contribution in [2.45, 2.75) is 13.8 Å². The summed E-state index contributed by atoms with van der Waals surface area (Å²) < 4.78 is 81.7. The van der Waals surface area contributed by atoms with Crippen molar-refractivity contribution in [3.8, 4) is 0 Å². The van der Waals surface area contributed by atoms with Crippen LogP contribution in [0.3, 0.4) is 0 Å². The van der Waals surface area contributed by atoms with Crippen molar-refractivity contribution in [3.05, 3.63) is 52.1 Å². The van der Waals surface area contributed by atoms with E-state index in [1.54, 1.807) is 0 Å². The van der Waals surface area contributed by atoms with Gasteiger partial charge in [0.25, 0.3) is 0 Å². The molecule has 0 spiro atoms. The molecule has 0 aromatic carbocycles. The molecule has 0 saturated heterocycles. The van der Waals surface area contributed by atoms with Crippen LogP contribution in [-0.4, -0.2) is 0 Å². The first-order valence-electron chi connectivity index (χ1n) is 3.91. The summed E-state index contributed by atoms with van der Waals surface area (Å²) in [7, 11) is -10.7. The Morgan fingerprint density at radius 2 is 0.857 bits per heavy atom. The predicted octanol–water partition coefficient (Wildman–Crippen LogP) is 5.32. The molecular weight excluding hydrogens is 369 g/mol. The molecule has 0 fully saturated rings. The maximum Gasteiger partial charge on any atom is 0 e. The molecule has 0 N–H and O–H groups in total. The molecule has 5 radical (unpaired) electrons. The van der Waals surface area contributed by atoms with E-state index in [0.717, 1.165) is 11.8 Å². The molecule has 0 bridgehead atoms. The third kappa shape index (κ3) is 443. The first kappa shape index (κ1) is 37.2. The molecule has 0 aromatic heterocycles. The molecular formula is C10H11F6FeO3P-. The summed E-state index contributed by atoms with van der Waals surface area (Å²) >= 11 is 0. The first-order valence-corrected chi connectivity index (χ1v) is 5.94. The van der Waals surface area contributed by atoms with Gasteiger partial charge in [-0.3, -0.25) is 0 Å². The van der Waals surface area contributed by atoms with E-state index in [0.29, 0.717) is 0 Å². The van der Waals surface area contributed by atoms with Gasteiger partial charge in [-0.15, -0.1) is 0 Å². The van der Waals surface area contributed by atoms with Crippen LogP contribution in [0.5, 0.6) is 0 Å². The molecule has 0 aromatic rings. The SMILES string of the molecule is F[P-](F)(F)(F)(F)F.[C-]#[O+].[C-]#[O+].[C-]#[O+].[CH2][C](C)[CH][C]([CH2])C.[Fe]. The van der Waals surface area contributed by atoms with Crippen LogP contribution in [0.4, 0.5) is 25.2 Å². The molecule has 0 rings (SSSR count). The van der Waals surface area contributed by atoms with Crippen molar-refractivity contribution in [1.82, 2.24) is 0 Å². The Kier molecular flexibility index (Phi) is 26.0. The average Bonchev–Trinajstić information content (AvgIpc) is 2.20. The second-order valence-corrected chi connectivity index (χ2v) is 4.71. The van der Waals surface area contributed by atoms with Crippen LogP contribution < -0.4 is 0 Å². The third-order valence-corrected chi connectivity index (χ3v) is 0.493. The smallest absolute Gasteiger partial charge is 0 e. The van der Waals surface area contributed by atoms with E-state index >= 15 is 0 Å². The standard InChI is InChI=1S/C7H11.3CO.F6P.Fe/c1-6(2)5-7(3)4;3*1-2;1-7(2,3,4,5)6;/h5H,1,3H2,2,4H3;;;;;/q;;;;-1;. The van der Waals surface area contributed by atoms with E-state index in [1.807, 2.05) is 20.3 Å². The molecule has 11 heteroatoms. The number of hydrogen-bond donors (Lipinski definition) is 0. The fraction of sp³-hybridized carbons (Fsp3) is 0.200. The summed E-state index contributed by atoms with van der Waals surface area (Å²) in [4.78, 5) is 0. The second kappa shape index (κ2) is 14.7. The van der Waals surface area contributed by atoms with Crippen molar-refractivity contribution >= 4 is 7.81 Å². The Bertz CT molecular complexity index is 249. The second-order valence-electron chi connectivity index (χ2n) is 2.80. The van der Waals surface area contributed by atoms with Gasteiger partial charge in [-0.25, -0.2) is 0 Å². The van der Waals surface area contributed by atoms with Gasteiger partial charge in [0.2, 0.25) is 0 Å². The van der Waals surface area contributed by atoms with Crippen LogP contribution in [0, 0.1) is 52.1 Å². The summed E-state index contributed by atoms with van der Waals surface area (Å²) in [6.07, 6.45) is 1.94. The van der Waals surface area contributed by atoms with E-state index in [-0.39, 0.29) is 17.1 Å². The molecule has 0 aliphatic heterocycles. The van der Waals surface area contributed by atoms with Crippen molar-refractivity contribution in [2.75, 3.05) is 0 Å². The number of rotatable bonds is 2. The minimum Gasteiger partial charge on any atom is -0.0588 e.